The van der Waals surface area contributed by atoms with E-state index in [0.717, 1.165) is 15.7 Å². The minimum Gasteiger partial charge on any atom is -0.490 e. The van der Waals surface area contributed by atoms with Crippen molar-refractivity contribution in [3.63, 3.8) is 0 Å². The molecule has 0 aromatic heterocycles. The van der Waals surface area contributed by atoms with Gasteiger partial charge in [-0.25, -0.2) is 4.79 Å². The minimum atomic E-state index is -1.05. The summed E-state index contributed by atoms with van der Waals surface area (Å²) in [4.78, 5) is 11.0. The second-order valence-corrected chi connectivity index (χ2v) is 7.12. The van der Waals surface area contributed by atoms with Crippen LogP contribution in [0.25, 0.3) is 0 Å². The topological polar surface area (TPSA) is 67.8 Å². The maximum atomic E-state index is 11.0. The Kier molecular flexibility index (Phi) is 7.17. The van der Waals surface area contributed by atoms with Gasteiger partial charge in [0.05, 0.1) is 27.8 Å². The molecule has 0 amide bonds. The molecule has 0 aliphatic carbocycles. The number of aromatic carboxylic acids is 1. The zero-order valence-electron chi connectivity index (χ0n) is 14.8. The Balaban J connectivity index is 2.19. The summed E-state index contributed by atoms with van der Waals surface area (Å²) in [6.45, 7) is 6.89. The molecular formula is C19H21BrClNO4. The van der Waals surface area contributed by atoms with Crippen LogP contribution in [0, 0.1) is 0 Å². The summed E-state index contributed by atoms with van der Waals surface area (Å²) in [7, 11) is 0. The number of rotatable bonds is 8. The van der Waals surface area contributed by atoms with Crippen LogP contribution in [0.3, 0.4) is 0 Å². The molecule has 0 fully saturated rings. The van der Waals surface area contributed by atoms with Crippen molar-refractivity contribution in [1.29, 1.82) is 0 Å². The number of benzene rings is 2. The second kappa shape index (κ2) is 9.14. The van der Waals surface area contributed by atoms with Crippen LogP contribution in [-0.2, 0) is 6.54 Å². The number of halogens is 2. The highest BCUT2D eigenvalue weighted by Crippen LogP contribution is 2.38. The van der Waals surface area contributed by atoms with Gasteiger partial charge in [-0.2, -0.15) is 0 Å². The van der Waals surface area contributed by atoms with Crippen molar-refractivity contribution in [2.45, 2.75) is 33.4 Å². The zero-order chi connectivity index (χ0) is 19.3. The first-order valence-corrected chi connectivity index (χ1v) is 9.37. The summed E-state index contributed by atoms with van der Waals surface area (Å²) in [5, 5.41) is 12.5. The number of carboxylic acid groups (broad SMARTS) is 1. The van der Waals surface area contributed by atoms with Gasteiger partial charge >= 0.3 is 5.97 Å². The van der Waals surface area contributed by atoms with E-state index in [9.17, 15) is 4.79 Å². The Hall–Kier alpha value is -1.92. The van der Waals surface area contributed by atoms with E-state index in [4.69, 9.17) is 26.2 Å². The van der Waals surface area contributed by atoms with E-state index in [2.05, 4.69) is 21.2 Å². The standard InChI is InChI=1S/C19H21BrClNO4/c1-4-25-17-8-12(7-15(20)18(17)26-11(2)3)10-22-13-5-6-14(19(23)24)16(21)9-13/h5-9,11,22H,4,10H2,1-3H3,(H,23,24). The molecule has 0 atom stereocenters. The van der Waals surface area contributed by atoms with E-state index in [0.29, 0.717) is 24.7 Å². The predicted octanol–water partition coefficient (Wildman–Crippen LogP) is 5.60. The highest BCUT2D eigenvalue weighted by molar-refractivity contribution is 9.10. The molecule has 2 aromatic rings. The van der Waals surface area contributed by atoms with Crippen LogP contribution in [0.15, 0.2) is 34.8 Å². The van der Waals surface area contributed by atoms with Gasteiger partial charge < -0.3 is 19.9 Å². The molecule has 2 rings (SSSR count). The Morgan fingerprint density at radius 1 is 1.31 bits per heavy atom. The van der Waals surface area contributed by atoms with Crippen LogP contribution >= 0.6 is 27.5 Å². The summed E-state index contributed by atoms with van der Waals surface area (Å²) >= 11 is 9.54. The largest absolute Gasteiger partial charge is 0.490 e. The van der Waals surface area contributed by atoms with E-state index in [-0.39, 0.29) is 16.7 Å². The third-order valence-electron chi connectivity index (χ3n) is 3.42. The van der Waals surface area contributed by atoms with Crippen molar-refractivity contribution in [2.24, 2.45) is 0 Å². The average molecular weight is 443 g/mol. The SMILES string of the molecule is CCOc1cc(CNc2ccc(C(=O)O)c(Cl)c2)cc(Br)c1OC(C)C. The van der Waals surface area contributed by atoms with Crippen LogP contribution in [-0.4, -0.2) is 23.8 Å². The van der Waals surface area contributed by atoms with E-state index < -0.39 is 5.97 Å². The molecule has 2 aromatic carbocycles. The van der Waals surface area contributed by atoms with Crippen LogP contribution in [0.2, 0.25) is 5.02 Å². The molecule has 0 heterocycles. The number of carboxylic acids is 1. The smallest absolute Gasteiger partial charge is 0.337 e. The van der Waals surface area contributed by atoms with E-state index in [1.54, 1.807) is 12.1 Å². The Morgan fingerprint density at radius 2 is 2.04 bits per heavy atom. The number of ether oxygens (including phenoxy) is 2. The van der Waals surface area contributed by atoms with Gasteiger partial charge in [-0.15, -0.1) is 0 Å². The molecule has 0 aliphatic heterocycles. The first-order chi connectivity index (χ1) is 12.3. The zero-order valence-corrected chi connectivity index (χ0v) is 17.1. The van der Waals surface area contributed by atoms with Gasteiger partial charge in [0.15, 0.2) is 11.5 Å². The number of anilines is 1. The fraction of sp³-hybridized carbons (Fsp3) is 0.316. The van der Waals surface area contributed by atoms with Crippen LogP contribution < -0.4 is 14.8 Å². The lowest BCUT2D eigenvalue weighted by molar-refractivity contribution is 0.0697. The summed E-state index contributed by atoms with van der Waals surface area (Å²) in [6, 6.07) is 8.64. The number of carbonyl (C=O) groups is 1. The van der Waals surface area contributed by atoms with Crippen molar-refractivity contribution in [1.82, 2.24) is 0 Å². The third-order valence-corrected chi connectivity index (χ3v) is 4.32. The fourth-order valence-corrected chi connectivity index (χ4v) is 3.18. The highest BCUT2D eigenvalue weighted by atomic mass is 79.9. The predicted molar refractivity (Wildman–Crippen MR) is 107 cm³/mol. The molecule has 0 saturated heterocycles. The van der Waals surface area contributed by atoms with Gasteiger partial charge in [0.25, 0.3) is 0 Å². The van der Waals surface area contributed by atoms with E-state index >= 15 is 0 Å². The maximum Gasteiger partial charge on any atom is 0.337 e. The van der Waals surface area contributed by atoms with E-state index in [1.165, 1.54) is 6.07 Å². The average Bonchev–Trinajstić information content (AvgIpc) is 2.55. The summed E-state index contributed by atoms with van der Waals surface area (Å²) in [6.07, 6.45) is 0.0318. The summed E-state index contributed by atoms with van der Waals surface area (Å²) < 4.78 is 12.3. The van der Waals surface area contributed by atoms with Gasteiger partial charge in [0.1, 0.15) is 0 Å². The molecule has 0 bridgehead atoms. The lowest BCUT2D eigenvalue weighted by Gasteiger charge is -2.18. The second-order valence-electron chi connectivity index (χ2n) is 5.86. The first kappa shape index (κ1) is 20.4. The lowest BCUT2D eigenvalue weighted by Crippen LogP contribution is -2.09. The lowest BCUT2D eigenvalue weighted by atomic mass is 10.1. The quantitative estimate of drug-likeness (QED) is 0.557. The van der Waals surface area contributed by atoms with Gasteiger partial charge in [-0.05, 0) is 72.6 Å². The Labute approximate surface area is 166 Å². The molecule has 7 heteroatoms. The molecule has 140 valence electrons. The number of nitrogens with one attached hydrogen (secondary N) is 1. The van der Waals surface area contributed by atoms with Crippen molar-refractivity contribution in [3.05, 3.63) is 51.0 Å². The van der Waals surface area contributed by atoms with Gasteiger partial charge in [-0.3, -0.25) is 0 Å². The molecule has 0 unspecified atom stereocenters. The normalized spacial score (nSPS) is 10.7. The first-order valence-electron chi connectivity index (χ1n) is 8.20. The van der Waals surface area contributed by atoms with Crippen LogP contribution in [0.4, 0.5) is 5.69 Å². The molecule has 0 aliphatic rings. The molecule has 5 nitrogen and oxygen atoms in total. The van der Waals surface area contributed by atoms with Crippen molar-refractivity contribution in [2.75, 3.05) is 11.9 Å². The summed E-state index contributed by atoms with van der Waals surface area (Å²) in [5.74, 6) is 0.304. The van der Waals surface area contributed by atoms with Crippen molar-refractivity contribution in [3.8, 4) is 11.5 Å². The molecular weight excluding hydrogens is 422 g/mol. The van der Waals surface area contributed by atoms with Gasteiger partial charge in [0.2, 0.25) is 0 Å². The maximum absolute atomic E-state index is 11.0. The molecule has 26 heavy (non-hydrogen) atoms. The van der Waals surface area contributed by atoms with Crippen molar-refractivity contribution < 1.29 is 19.4 Å². The Bertz CT molecular complexity index is 795. The van der Waals surface area contributed by atoms with E-state index in [1.807, 2.05) is 32.9 Å². The van der Waals surface area contributed by atoms with Gasteiger partial charge in [-0.1, -0.05) is 11.6 Å². The monoisotopic (exact) mass is 441 g/mol. The number of hydrogen-bond donors (Lipinski definition) is 2. The Morgan fingerprint density at radius 3 is 2.62 bits per heavy atom. The molecule has 0 saturated carbocycles. The van der Waals surface area contributed by atoms with Crippen LogP contribution in [0.1, 0.15) is 36.7 Å². The minimum absolute atomic E-state index is 0.0318. The van der Waals surface area contributed by atoms with Crippen molar-refractivity contribution >= 4 is 39.2 Å². The molecule has 0 spiro atoms. The molecule has 2 N–H and O–H groups in total. The third kappa shape index (κ3) is 5.29. The van der Waals surface area contributed by atoms with Gasteiger partial charge in [0, 0.05) is 12.2 Å². The summed E-state index contributed by atoms with van der Waals surface area (Å²) in [5.41, 5.74) is 1.79. The highest BCUT2D eigenvalue weighted by Gasteiger charge is 2.14. The number of hydrogen-bond acceptors (Lipinski definition) is 4. The fourth-order valence-electron chi connectivity index (χ4n) is 2.34. The molecule has 0 radical (unpaired) electrons. The van der Waals surface area contributed by atoms with Crippen LogP contribution in [0.5, 0.6) is 11.5 Å².